The molecule has 0 saturated carbocycles. The van der Waals surface area contributed by atoms with Crippen molar-refractivity contribution in [2.75, 3.05) is 13.1 Å². The van der Waals surface area contributed by atoms with Crippen LogP contribution in [0.3, 0.4) is 0 Å². The summed E-state index contributed by atoms with van der Waals surface area (Å²) in [5.74, 6) is 1.96. The Balaban J connectivity index is 1.69. The van der Waals surface area contributed by atoms with Gasteiger partial charge in [-0.15, -0.1) is 0 Å². The Labute approximate surface area is 124 Å². The predicted molar refractivity (Wildman–Crippen MR) is 79.1 cm³/mol. The maximum Gasteiger partial charge on any atom is 0.289 e. The molecule has 6 nitrogen and oxygen atoms in total. The molecule has 2 aromatic rings. The van der Waals surface area contributed by atoms with E-state index in [0.29, 0.717) is 11.7 Å². The minimum atomic E-state index is 0.00377. The SMILES string of the molecule is CCCn1c(C)cnc1C1CN(C(=O)c2nccn2C)C1. The third-order valence-electron chi connectivity index (χ3n) is 4.08. The number of nitrogens with zero attached hydrogens (tertiary/aromatic N) is 5. The fourth-order valence-electron chi connectivity index (χ4n) is 2.84. The second kappa shape index (κ2) is 5.35. The molecule has 0 spiro atoms. The van der Waals surface area contributed by atoms with E-state index in [2.05, 4.69) is 28.4 Å². The lowest BCUT2D eigenvalue weighted by atomic mass is 9.99. The number of carbonyl (C=O) groups is 1. The fraction of sp³-hybridized carbons (Fsp3) is 0.533. The van der Waals surface area contributed by atoms with E-state index in [1.165, 1.54) is 5.69 Å². The normalized spacial score (nSPS) is 15.3. The van der Waals surface area contributed by atoms with E-state index < -0.39 is 0 Å². The zero-order valence-corrected chi connectivity index (χ0v) is 12.8. The van der Waals surface area contributed by atoms with Crippen LogP contribution in [0.4, 0.5) is 0 Å². The maximum atomic E-state index is 12.3. The van der Waals surface area contributed by atoms with Gasteiger partial charge in [0, 0.05) is 51.0 Å². The molecule has 1 aliphatic rings. The van der Waals surface area contributed by atoms with Gasteiger partial charge in [0.2, 0.25) is 0 Å². The van der Waals surface area contributed by atoms with Crippen molar-refractivity contribution in [3.8, 4) is 0 Å². The molecule has 6 heteroatoms. The van der Waals surface area contributed by atoms with E-state index >= 15 is 0 Å². The van der Waals surface area contributed by atoms with Gasteiger partial charge in [-0.2, -0.15) is 0 Å². The first-order valence-electron chi connectivity index (χ1n) is 7.40. The van der Waals surface area contributed by atoms with Crippen molar-refractivity contribution >= 4 is 5.91 Å². The minimum absolute atomic E-state index is 0.00377. The van der Waals surface area contributed by atoms with Crippen molar-refractivity contribution in [3.63, 3.8) is 0 Å². The molecule has 1 aliphatic heterocycles. The molecule has 0 atom stereocenters. The summed E-state index contributed by atoms with van der Waals surface area (Å²) in [4.78, 5) is 22.8. The first-order valence-corrected chi connectivity index (χ1v) is 7.40. The predicted octanol–water partition coefficient (Wildman–Crippen LogP) is 1.57. The topological polar surface area (TPSA) is 56.0 Å². The van der Waals surface area contributed by atoms with E-state index in [4.69, 9.17) is 0 Å². The average molecular weight is 287 g/mol. The van der Waals surface area contributed by atoms with Crippen LogP contribution < -0.4 is 0 Å². The van der Waals surface area contributed by atoms with Gasteiger partial charge in [0.25, 0.3) is 5.91 Å². The number of aromatic nitrogens is 4. The molecule has 0 bridgehead atoms. The molecular weight excluding hydrogens is 266 g/mol. The lowest BCUT2D eigenvalue weighted by Crippen LogP contribution is -2.50. The molecule has 0 N–H and O–H groups in total. The second-order valence-electron chi connectivity index (χ2n) is 5.68. The number of imidazole rings is 2. The first kappa shape index (κ1) is 13.9. The minimum Gasteiger partial charge on any atom is -0.334 e. The van der Waals surface area contributed by atoms with Crippen LogP contribution in [0.15, 0.2) is 18.6 Å². The highest BCUT2D eigenvalue weighted by Gasteiger charge is 2.36. The summed E-state index contributed by atoms with van der Waals surface area (Å²) >= 11 is 0. The number of hydrogen-bond acceptors (Lipinski definition) is 3. The molecule has 112 valence electrons. The quantitative estimate of drug-likeness (QED) is 0.858. The largest absolute Gasteiger partial charge is 0.334 e. The van der Waals surface area contributed by atoms with Crippen molar-refractivity contribution in [3.05, 3.63) is 35.9 Å². The Morgan fingerprint density at radius 1 is 1.38 bits per heavy atom. The van der Waals surface area contributed by atoms with Gasteiger partial charge in [0.1, 0.15) is 5.82 Å². The molecular formula is C15H21N5O. The third-order valence-corrected chi connectivity index (χ3v) is 4.08. The van der Waals surface area contributed by atoms with Crippen molar-refractivity contribution < 1.29 is 4.79 Å². The van der Waals surface area contributed by atoms with Gasteiger partial charge in [-0.1, -0.05) is 6.92 Å². The van der Waals surface area contributed by atoms with Gasteiger partial charge in [-0.25, -0.2) is 9.97 Å². The van der Waals surface area contributed by atoms with Gasteiger partial charge in [-0.05, 0) is 13.3 Å². The average Bonchev–Trinajstić information content (AvgIpc) is 2.97. The summed E-state index contributed by atoms with van der Waals surface area (Å²) in [7, 11) is 1.84. The number of aryl methyl sites for hydroxylation is 2. The van der Waals surface area contributed by atoms with Crippen LogP contribution in [0, 0.1) is 6.92 Å². The highest BCUT2D eigenvalue weighted by atomic mass is 16.2. The fourth-order valence-corrected chi connectivity index (χ4v) is 2.84. The smallest absolute Gasteiger partial charge is 0.289 e. The number of hydrogen-bond donors (Lipinski definition) is 0. The highest BCUT2D eigenvalue weighted by molar-refractivity contribution is 5.91. The Morgan fingerprint density at radius 3 is 2.76 bits per heavy atom. The van der Waals surface area contributed by atoms with E-state index in [1.807, 2.05) is 18.1 Å². The zero-order chi connectivity index (χ0) is 15.0. The van der Waals surface area contributed by atoms with Gasteiger partial charge in [-0.3, -0.25) is 4.79 Å². The summed E-state index contributed by atoms with van der Waals surface area (Å²) in [6.45, 7) is 6.70. The number of amides is 1. The number of likely N-dealkylation sites (tertiary alicyclic amines) is 1. The molecule has 0 aromatic carbocycles. The van der Waals surface area contributed by atoms with E-state index in [1.54, 1.807) is 17.0 Å². The van der Waals surface area contributed by atoms with Crippen LogP contribution in [-0.4, -0.2) is 43.0 Å². The van der Waals surface area contributed by atoms with E-state index in [9.17, 15) is 4.79 Å². The monoisotopic (exact) mass is 287 g/mol. The molecule has 3 heterocycles. The molecule has 1 fully saturated rings. The Kier molecular flexibility index (Phi) is 3.53. The number of rotatable bonds is 4. The first-order chi connectivity index (χ1) is 10.1. The molecule has 3 rings (SSSR count). The van der Waals surface area contributed by atoms with Crippen molar-refractivity contribution in [1.29, 1.82) is 0 Å². The van der Waals surface area contributed by atoms with Crippen molar-refractivity contribution in [2.45, 2.75) is 32.7 Å². The zero-order valence-electron chi connectivity index (χ0n) is 12.8. The Morgan fingerprint density at radius 2 is 2.14 bits per heavy atom. The van der Waals surface area contributed by atoms with Crippen molar-refractivity contribution in [1.82, 2.24) is 24.0 Å². The summed E-state index contributed by atoms with van der Waals surface area (Å²) in [6, 6.07) is 0. The van der Waals surface area contributed by atoms with Crippen LogP contribution in [0.2, 0.25) is 0 Å². The molecule has 0 radical (unpaired) electrons. The van der Waals surface area contributed by atoms with Gasteiger partial charge in [0.05, 0.1) is 5.92 Å². The molecule has 21 heavy (non-hydrogen) atoms. The Hall–Kier alpha value is -2.11. The second-order valence-corrected chi connectivity index (χ2v) is 5.68. The summed E-state index contributed by atoms with van der Waals surface area (Å²) in [5, 5.41) is 0. The molecule has 1 saturated heterocycles. The summed E-state index contributed by atoms with van der Waals surface area (Å²) in [6.07, 6.45) is 6.46. The lowest BCUT2D eigenvalue weighted by molar-refractivity contribution is 0.0574. The van der Waals surface area contributed by atoms with E-state index in [-0.39, 0.29) is 5.91 Å². The van der Waals surface area contributed by atoms with Crippen LogP contribution in [0.25, 0.3) is 0 Å². The standard InChI is InChI=1S/C15H21N5O/c1-4-6-20-11(2)8-17-13(20)12-9-19(10-12)15(21)14-16-5-7-18(14)3/h5,7-8,12H,4,6,9-10H2,1-3H3. The molecule has 0 unspecified atom stereocenters. The number of carbonyl (C=O) groups excluding carboxylic acids is 1. The highest BCUT2D eigenvalue weighted by Crippen LogP contribution is 2.28. The van der Waals surface area contributed by atoms with Crippen molar-refractivity contribution in [2.24, 2.45) is 7.05 Å². The van der Waals surface area contributed by atoms with Gasteiger partial charge in [0.15, 0.2) is 5.82 Å². The molecule has 0 aliphatic carbocycles. The van der Waals surface area contributed by atoms with Crippen LogP contribution in [0.1, 0.15) is 41.4 Å². The Bertz CT molecular complexity index is 651. The van der Waals surface area contributed by atoms with Gasteiger partial charge >= 0.3 is 0 Å². The van der Waals surface area contributed by atoms with Crippen LogP contribution >= 0.6 is 0 Å². The summed E-state index contributed by atoms with van der Waals surface area (Å²) < 4.78 is 4.03. The van der Waals surface area contributed by atoms with E-state index in [0.717, 1.165) is 31.9 Å². The maximum absolute atomic E-state index is 12.3. The molecule has 2 aromatic heterocycles. The lowest BCUT2D eigenvalue weighted by Gasteiger charge is -2.38. The molecule has 1 amide bonds. The van der Waals surface area contributed by atoms with Crippen LogP contribution in [-0.2, 0) is 13.6 Å². The van der Waals surface area contributed by atoms with Crippen LogP contribution in [0.5, 0.6) is 0 Å². The van der Waals surface area contributed by atoms with Gasteiger partial charge < -0.3 is 14.0 Å². The third kappa shape index (κ3) is 2.34. The summed E-state index contributed by atoms with van der Waals surface area (Å²) in [5.41, 5.74) is 1.20.